The average Bonchev–Trinajstić information content (AvgIpc) is 2.68. The van der Waals surface area contributed by atoms with Crippen molar-refractivity contribution in [2.24, 2.45) is 0 Å². The van der Waals surface area contributed by atoms with E-state index in [1.54, 1.807) is 18.2 Å². The van der Waals surface area contributed by atoms with Crippen molar-refractivity contribution in [3.8, 4) is 0 Å². The largest absolute Gasteiger partial charge is 0.306 e. The molecule has 1 aromatic rings. The number of benzene rings is 1. The molecule has 1 aliphatic heterocycles. The van der Waals surface area contributed by atoms with Gasteiger partial charge >= 0.3 is 10.1 Å². The highest BCUT2D eigenvalue weighted by Gasteiger charge is 2.67. The Labute approximate surface area is 92.7 Å². The van der Waals surface area contributed by atoms with Crippen LogP contribution in [0.3, 0.4) is 0 Å². The van der Waals surface area contributed by atoms with E-state index >= 15 is 0 Å². The number of hydrogen-bond acceptors (Lipinski definition) is 5. The van der Waals surface area contributed by atoms with Crippen molar-refractivity contribution in [2.45, 2.75) is 4.93 Å². The highest BCUT2D eigenvalue weighted by atomic mass is 32.2. The summed E-state index contributed by atoms with van der Waals surface area (Å²) in [5.41, 5.74) is 0.188. The molecular formula is C8H8O6S2. The molecule has 0 bridgehead atoms. The zero-order valence-electron chi connectivity index (χ0n) is 7.90. The van der Waals surface area contributed by atoms with Crippen molar-refractivity contribution in [3.63, 3.8) is 0 Å². The van der Waals surface area contributed by atoms with Gasteiger partial charge in [-0.1, -0.05) is 30.3 Å². The molecule has 0 aromatic heterocycles. The minimum absolute atomic E-state index is 0.188. The molecular weight excluding hydrogens is 256 g/mol. The van der Waals surface area contributed by atoms with Crippen molar-refractivity contribution in [3.05, 3.63) is 35.9 Å². The van der Waals surface area contributed by atoms with E-state index in [4.69, 9.17) is 4.55 Å². The van der Waals surface area contributed by atoms with Gasteiger partial charge in [0.15, 0.2) is 0 Å². The summed E-state index contributed by atoms with van der Waals surface area (Å²) in [6.07, 6.45) is 0. The maximum Gasteiger partial charge on any atom is 0.306 e. The Morgan fingerprint density at radius 1 is 1.25 bits per heavy atom. The van der Waals surface area contributed by atoms with E-state index in [0.29, 0.717) is 0 Å². The molecule has 0 saturated carbocycles. The molecule has 1 aromatic carbocycles. The minimum Gasteiger partial charge on any atom is -0.285 e. The van der Waals surface area contributed by atoms with Gasteiger partial charge in [0.1, 0.15) is 5.75 Å². The Hall–Kier alpha value is -0.960. The molecule has 0 spiro atoms. The van der Waals surface area contributed by atoms with E-state index in [1.165, 1.54) is 12.1 Å². The van der Waals surface area contributed by atoms with Crippen LogP contribution in [0.1, 0.15) is 5.56 Å². The Balaban J connectivity index is 2.49. The molecule has 1 fully saturated rings. The number of rotatable bonds is 3. The lowest BCUT2D eigenvalue weighted by atomic mass is 10.1. The third kappa shape index (κ3) is 1.84. The second-order valence-electron chi connectivity index (χ2n) is 3.38. The van der Waals surface area contributed by atoms with Crippen LogP contribution in [0.2, 0.25) is 0 Å². The van der Waals surface area contributed by atoms with E-state index < -0.39 is 30.9 Å². The first-order valence-corrected chi connectivity index (χ1v) is 7.24. The predicted molar refractivity (Wildman–Crippen MR) is 54.5 cm³/mol. The molecule has 1 aliphatic rings. The summed E-state index contributed by atoms with van der Waals surface area (Å²) < 4.78 is 57.3. The summed E-state index contributed by atoms with van der Waals surface area (Å²) >= 11 is 0. The average molecular weight is 264 g/mol. The van der Waals surface area contributed by atoms with Crippen LogP contribution in [0.5, 0.6) is 0 Å². The second kappa shape index (κ2) is 3.27. The van der Waals surface area contributed by atoms with Gasteiger partial charge in [-0.05, 0) is 0 Å². The lowest BCUT2D eigenvalue weighted by Crippen LogP contribution is -2.23. The standard InChI is InChI=1S/C8H8O6S2/c9-15(10,11)6-8(14-16(8,12)13)7-4-2-1-3-5-7/h1-5H,6H2,(H,9,10,11). The van der Waals surface area contributed by atoms with Gasteiger partial charge < -0.3 is 0 Å². The van der Waals surface area contributed by atoms with Crippen LogP contribution in [-0.4, -0.2) is 27.1 Å². The quantitative estimate of drug-likeness (QED) is 0.613. The molecule has 1 saturated heterocycles. The predicted octanol–water partition coefficient (Wildman–Crippen LogP) is 0.0872. The molecule has 1 heterocycles. The topological polar surface area (TPSA) is 101 Å². The SMILES string of the molecule is O=S(=O)(O)CC1(c2ccccc2)OS1(=O)=O. The summed E-state index contributed by atoms with van der Waals surface area (Å²) in [5.74, 6) is -0.994. The molecule has 0 radical (unpaired) electrons. The molecule has 8 heteroatoms. The monoisotopic (exact) mass is 264 g/mol. The molecule has 0 amide bonds. The van der Waals surface area contributed by atoms with Crippen molar-refractivity contribution >= 4 is 20.2 Å². The first-order chi connectivity index (χ1) is 7.27. The van der Waals surface area contributed by atoms with Gasteiger partial charge in [-0.3, -0.25) is 4.55 Å². The lowest BCUT2D eigenvalue weighted by molar-refractivity contribution is 0.341. The third-order valence-electron chi connectivity index (χ3n) is 2.21. The van der Waals surface area contributed by atoms with Gasteiger partial charge in [0, 0.05) is 5.56 Å². The van der Waals surface area contributed by atoms with Gasteiger partial charge in [0.2, 0.25) is 0 Å². The summed E-state index contributed by atoms with van der Waals surface area (Å²) in [7, 11) is -8.39. The normalized spacial score (nSPS) is 27.6. The van der Waals surface area contributed by atoms with Gasteiger partial charge in [-0.25, -0.2) is 4.18 Å². The lowest BCUT2D eigenvalue weighted by Gasteiger charge is -2.05. The molecule has 16 heavy (non-hydrogen) atoms. The van der Waals surface area contributed by atoms with E-state index in [-0.39, 0.29) is 5.56 Å². The first kappa shape index (κ1) is 11.5. The smallest absolute Gasteiger partial charge is 0.285 e. The van der Waals surface area contributed by atoms with Gasteiger partial charge in [0.25, 0.3) is 15.1 Å². The van der Waals surface area contributed by atoms with Crippen LogP contribution in [0.15, 0.2) is 30.3 Å². The maximum atomic E-state index is 11.3. The summed E-state index contributed by atoms with van der Waals surface area (Å²) in [6.45, 7) is 0. The summed E-state index contributed by atoms with van der Waals surface area (Å²) in [6, 6.07) is 7.61. The van der Waals surface area contributed by atoms with E-state index in [2.05, 4.69) is 4.18 Å². The zero-order chi connectivity index (χ0) is 12.0. The first-order valence-electron chi connectivity index (χ1n) is 4.23. The van der Waals surface area contributed by atoms with Crippen LogP contribution in [0, 0.1) is 0 Å². The molecule has 88 valence electrons. The van der Waals surface area contributed by atoms with Crippen molar-refractivity contribution < 1.29 is 25.6 Å². The molecule has 1 N–H and O–H groups in total. The van der Waals surface area contributed by atoms with Crippen LogP contribution in [0.25, 0.3) is 0 Å². The summed E-state index contributed by atoms with van der Waals surface area (Å²) in [4.78, 5) is -1.94. The van der Waals surface area contributed by atoms with Crippen molar-refractivity contribution in [1.82, 2.24) is 0 Å². The van der Waals surface area contributed by atoms with Crippen molar-refractivity contribution in [2.75, 3.05) is 5.75 Å². The molecule has 1 atom stereocenters. The molecule has 0 aliphatic carbocycles. The van der Waals surface area contributed by atoms with Crippen LogP contribution >= 0.6 is 0 Å². The molecule has 6 nitrogen and oxygen atoms in total. The minimum atomic E-state index is -4.44. The highest BCUT2D eigenvalue weighted by Crippen LogP contribution is 2.49. The summed E-state index contributed by atoms with van der Waals surface area (Å²) in [5, 5.41) is 0. The van der Waals surface area contributed by atoms with E-state index in [0.717, 1.165) is 0 Å². The fourth-order valence-corrected chi connectivity index (χ4v) is 4.34. The van der Waals surface area contributed by atoms with E-state index in [1.807, 2.05) is 0 Å². The second-order valence-corrected chi connectivity index (χ2v) is 6.57. The van der Waals surface area contributed by atoms with Gasteiger partial charge in [-0.2, -0.15) is 16.8 Å². The fraction of sp³-hybridized carbons (Fsp3) is 0.250. The van der Waals surface area contributed by atoms with Crippen molar-refractivity contribution in [1.29, 1.82) is 0 Å². The van der Waals surface area contributed by atoms with Crippen LogP contribution in [-0.2, 0) is 29.4 Å². The van der Waals surface area contributed by atoms with Crippen LogP contribution < -0.4 is 0 Å². The van der Waals surface area contributed by atoms with Crippen LogP contribution in [0.4, 0.5) is 0 Å². The zero-order valence-corrected chi connectivity index (χ0v) is 9.53. The van der Waals surface area contributed by atoms with Gasteiger partial charge in [-0.15, -0.1) is 0 Å². The van der Waals surface area contributed by atoms with Gasteiger partial charge in [0.05, 0.1) is 0 Å². The fourth-order valence-electron chi connectivity index (χ4n) is 1.46. The Morgan fingerprint density at radius 2 is 1.75 bits per heavy atom. The maximum absolute atomic E-state index is 11.3. The molecule has 2 rings (SSSR count). The number of hydrogen-bond donors (Lipinski definition) is 1. The highest BCUT2D eigenvalue weighted by molar-refractivity contribution is 7.95. The third-order valence-corrected chi connectivity index (χ3v) is 4.79. The Kier molecular flexibility index (Phi) is 2.35. The Morgan fingerprint density at radius 3 is 2.12 bits per heavy atom. The molecule has 1 unspecified atom stereocenters. The Bertz CT molecular complexity index is 603. The van der Waals surface area contributed by atoms with E-state index in [9.17, 15) is 16.8 Å².